The minimum absolute atomic E-state index is 0.165. The first-order chi connectivity index (χ1) is 12.2. The fourth-order valence-corrected chi connectivity index (χ4v) is 3.80. The largest absolute Gasteiger partial charge is 0.433 e. The van der Waals surface area contributed by atoms with Gasteiger partial charge in [-0.05, 0) is 34.1 Å². The van der Waals surface area contributed by atoms with Crippen LogP contribution in [0.2, 0.25) is 5.02 Å². The smallest absolute Gasteiger partial charge is 0.387 e. The molecule has 0 saturated heterocycles. The van der Waals surface area contributed by atoms with Gasteiger partial charge < -0.3 is 4.74 Å². The Bertz CT molecular complexity index is 1090. The molecule has 0 saturated carbocycles. The number of anilines is 1. The minimum atomic E-state index is -4.28. The van der Waals surface area contributed by atoms with Crippen LogP contribution in [0.25, 0.3) is 5.52 Å². The lowest BCUT2D eigenvalue weighted by Gasteiger charge is -2.13. The molecular formula is C14H8BrClF3N3O3S. The summed E-state index contributed by atoms with van der Waals surface area (Å²) < 4.78 is 71.5. The van der Waals surface area contributed by atoms with Gasteiger partial charge in [0.1, 0.15) is 10.7 Å². The fraction of sp³-hybridized carbons (Fsp3) is 0.0714. The number of rotatable bonds is 5. The maximum Gasteiger partial charge on any atom is 0.387 e. The van der Waals surface area contributed by atoms with Gasteiger partial charge in [0.15, 0.2) is 5.75 Å². The molecule has 0 bridgehead atoms. The molecule has 0 aliphatic heterocycles. The molecule has 3 rings (SSSR count). The van der Waals surface area contributed by atoms with Crippen LogP contribution >= 0.6 is 27.5 Å². The molecule has 0 spiro atoms. The second kappa shape index (κ2) is 6.97. The first-order valence-corrected chi connectivity index (χ1v) is 9.42. The summed E-state index contributed by atoms with van der Waals surface area (Å²) in [6.45, 7) is -3.23. The maximum absolute atomic E-state index is 13.8. The number of benzene rings is 1. The van der Waals surface area contributed by atoms with Crippen molar-refractivity contribution in [3.63, 3.8) is 0 Å². The van der Waals surface area contributed by atoms with E-state index in [-0.39, 0.29) is 14.9 Å². The molecule has 26 heavy (non-hydrogen) atoms. The van der Waals surface area contributed by atoms with Gasteiger partial charge in [-0.2, -0.15) is 13.9 Å². The van der Waals surface area contributed by atoms with Crippen molar-refractivity contribution in [2.45, 2.75) is 11.5 Å². The van der Waals surface area contributed by atoms with Gasteiger partial charge in [0, 0.05) is 12.3 Å². The summed E-state index contributed by atoms with van der Waals surface area (Å²) >= 11 is 8.64. The van der Waals surface area contributed by atoms with Gasteiger partial charge in [0.25, 0.3) is 10.0 Å². The van der Waals surface area contributed by atoms with E-state index in [1.54, 1.807) is 0 Å². The maximum atomic E-state index is 13.8. The summed E-state index contributed by atoms with van der Waals surface area (Å²) in [7, 11) is -4.28. The molecule has 1 N–H and O–H groups in total. The van der Waals surface area contributed by atoms with Crippen molar-refractivity contribution in [3.8, 4) is 5.75 Å². The van der Waals surface area contributed by atoms with E-state index < -0.39 is 33.9 Å². The molecule has 2 heterocycles. The van der Waals surface area contributed by atoms with Crippen molar-refractivity contribution >= 4 is 48.8 Å². The highest BCUT2D eigenvalue weighted by Gasteiger charge is 2.23. The zero-order valence-electron chi connectivity index (χ0n) is 12.5. The van der Waals surface area contributed by atoms with E-state index in [4.69, 9.17) is 11.6 Å². The number of pyridine rings is 1. The van der Waals surface area contributed by atoms with Gasteiger partial charge in [0.2, 0.25) is 0 Å². The zero-order chi connectivity index (χ0) is 19.1. The minimum Gasteiger partial charge on any atom is -0.433 e. The monoisotopic (exact) mass is 469 g/mol. The zero-order valence-corrected chi connectivity index (χ0v) is 15.6. The molecule has 0 atom stereocenters. The van der Waals surface area contributed by atoms with E-state index in [9.17, 15) is 21.6 Å². The summed E-state index contributed by atoms with van der Waals surface area (Å²) in [5.74, 6) is -1.41. The summed E-state index contributed by atoms with van der Waals surface area (Å²) in [6.07, 6.45) is 2.44. The third-order valence-electron chi connectivity index (χ3n) is 3.22. The number of fused-ring (bicyclic) bond motifs is 1. The van der Waals surface area contributed by atoms with Crippen LogP contribution in [0.3, 0.4) is 0 Å². The van der Waals surface area contributed by atoms with E-state index in [1.807, 2.05) is 4.72 Å². The molecule has 138 valence electrons. The SMILES string of the molecule is O=S(=O)(Nc1cc(F)c(Br)cc1OC(F)F)c1cnn2cc(Cl)ccc12. The summed E-state index contributed by atoms with van der Waals surface area (Å²) in [6, 6.07) is 4.50. The average molecular weight is 471 g/mol. The lowest BCUT2D eigenvalue weighted by Crippen LogP contribution is -2.15. The van der Waals surface area contributed by atoms with Crippen LogP contribution in [0, 0.1) is 5.82 Å². The Morgan fingerprint density at radius 2 is 2.04 bits per heavy atom. The van der Waals surface area contributed by atoms with Crippen molar-refractivity contribution in [2.75, 3.05) is 4.72 Å². The van der Waals surface area contributed by atoms with Crippen LogP contribution in [0.5, 0.6) is 5.75 Å². The molecule has 0 aliphatic carbocycles. The second-order valence-electron chi connectivity index (χ2n) is 4.93. The average Bonchev–Trinajstić information content (AvgIpc) is 2.95. The first kappa shape index (κ1) is 18.8. The van der Waals surface area contributed by atoms with E-state index >= 15 is 0 Å². The molecule has 0 unspecified atom stereocenters. The van der Waals surface area contributed by atoms with Crippen molar-refractivity contribution in [2.24, 2.45) is 0 Å². The number of aromatic nitrogens is 2. The third kappa shape index (κ3) is 3.74. The summed E-state index contributed by atoms with van der Waals surface area (Å²) in [5.41, 5.74) is -0.296. The molecule has 1 aromatic carbocycles. The highest BCUT2D eigenvalue weighted by Crippen LogP contribution is 2.34. The molecule has 0 aliphatic rings. The number of alkyl halides is 2. The van der Waals surface area contributed by atoms with Crippen molar-refractivity contribution in [1.82, 2.24) is 9.61 Å². The molecule has 3 aromatic rings. The van der Waals surface area contributed by atoms with E-state index in [2.05, 4.69) is 25.8 Å². The predicted molar refractivity (Wildman–Crippen MR) is 91.7 cm³/mol. The lowest BCUT2D eigenvalue weighted by atomic mass is 10.3. The number of hydrogen-bond donors (Lipinski definition) is 1. The van der Waals surface area contributed by atoms with Crippen molar-refractivity contribution < 1.29 is 26.3 Å². The van der Waals surface area contributed by atoms with Gasteiger partial charge in [-0.1, -0.05) is 11.6 Å². The van der Waals surface area contributed by atoms with Crippen LogP contribution in [0.15, 0.2) is 46.0 Å². The number of halogens is 5. The van der Waals surface area contributed by atoms with Gasteiger partial charge in [-0.15, -0.1) is 0 Å². The Kier molecular flexibility index (Phi) is 5.04. The topological polar surface area (TPSA) is 72.7 Å². The number of nitrogens with zero attached hydrogens (tertiary/aromatic N) is 2. The Labute approximate surface area is 158 Å². The van der Waals surface area contributed by atoms with Gasteiger partial charge in [-0.3, -0.25) is 4.72 Å². The second-order valence-corrected chi connectivity index (χ2v) is 7.87. The van der Waals surface area contributed by atoms with Gasteiger partial charge in [-0.25, -0.2) is 17.3 Å². The molecule has 2 aromatic heterocycles. The number of hydrogen-bond acceptors (Lipinski definition) is 4. The Hall–Kier alpha value is -1.98. The van der Waals surface area contributed by atoms with E-state index in [1.165, 1.54) is 22.8 Å². The standard InChI is InChI=1S/C14H8BrClF3N3O3S/c15-8-3-12(25-14(18)19)10(4-9(8)17)21-26(23,24)13-5-20-22-6-7(16)1-2-11(13)22/h1-6,14,21H. The summed E-state index contributed by atoms with van der Waals surface area (Å²) in [4.78, 5) is -0.250. The van der Waals surface area contributed by atoms with Crippen LogP contribution in [-0.2, 0) is 10.0 Å². The Balaban J connectivity index is 2.05. The van der Waals surface area contributed by atoms with E-state index in [0.29, 0.717) is 5.02 Å². The van der Waals surface area contributed by atoms with E-state index in [0.717, 1.165) is 18.3 Å². The molecule has 6 nitrogen and oxygen atoms in total. The highest BCUT2D eigenvalue weighted by atomic mass is 79.9. The molecule has 0 amide bonds. The molecule has 0 fully saturated rings. The number of nitrogens with one attached hydrogen (secondary N) is 1. The molecule has 12 heteroatoms. The number of sulfonamides is 1. The number of ether oxygens (including phenoxy) is 1. The third-order valence-corrected chi connectivity index (χ3v) is 5.43. The Morgan fingerprint density at radius 3 is 2.73 bits per heavy atom. The highest BCUT2D eigenvalue weighted by molar-refractivity contribution is 9.10. The van der Waals surface area contributed by atoms with Crippen LogP contribution in [0.4, 0.5) is 18.9 Å². The van der Waals surface area contributed by atoms with Crippen molar-refractivity contribution in [1.29, 1.82) is 0 Å². The van der Waals surface area contributed by atoms with Gasteiger partial charge >= 0.3 is 6.61 Å². The van der Waals surface area contributed by atoms with Crippen LogP contribution in [0.1, 0.15) is 0 Å². The Morgan fingerprint density at radius 1 is 1.31 bits per heavy atom. The summed E-state index contributed by atoms with van der Waals surface area (Å²) in [5, 5.41) is 4.20. The van der Waals surface area contributed by atoms with Crippen LogP contribution < -0.4 is 9.46 Å². The van der Waals surface area contributed by atoms with Crippen LogP contribution in [-0.4, -0.2) is 24.6 Å². The van der Waals surface area contributed by atoms with Gasteiger partial charge in [0.05, 0.1) is 26.9 Å². The fourth-order valence-electron chi connectivity index (χ4n) is 2.14. The first-order valence-electron chi connectivity index (χ1n) is 6.77. The predicted octanol–water partition coefficient (Wildman–Crippen LogP) is 4.29. The molecule has 0 radical (unpaired) electrons. The quantitative estimate of drug-likeness (QED) is 0.604. The van der Waals surface area contributed by atoms with Crippen molar-refractivity contribution in [3.05, 3.63) is 52.0 Å². The normalized spacial score (nSPS) is 11.9. The molecular weight excluding hydrogens is 463 g/mol. The lowest BCUT2D eigenvalue weighted by molar-refractivity contribution is -0.0494.